The minimum Gasteiger partial charge on any atom is -0.467 e. The molecule has 0 spiro atoms. The third-order valence-electron chi connectivity index (χ3n) is 5.24. The maximum atomic E-state index is 14.2. The summed E-state index contributed by atoms with van der Waals surface area (Å²) in [4.78, 5) is 19.3. The van der Waals surface area contributed by atoms with E-state index in [1.54, 1.807) is 24.3 Å². The molecule has 0 unspecified atom stereocenters. The molecule has 2 heterocycles. The van der Waals surface area contributed by atoms with E-state index < -0.39 is 21.7 Å². The number of furan rings is 1. The Bertz CT molecular complexity index is 1640. The van der Waals surface area contributed by atoms with Crippen LogP contribution < -0.4 is 9.62 Å². The maximum absolute atomic E-state index is 14.2. The summed E-state index contributed by atoms with van der Waals surface area (Å²) in [6.45, 7) is 0.0816. The molecule has 1 N–H and O–H groups in total. The van der Waals surface area contributed by atoms with Crippen LogP contribution in [0.3, 0.4) is 0 Å². The highest BCUT2D eigenvalue weighted by atomic mass is 35.5. The molecule has 11 heteroatoms. The Morgan fingerprint density at radius 3 is 2.44 bits per heavy atom. The molecule has 7 nitrogen and oxygen atoms in total. The van der Waals surface area contributed by atoms with Crippen molar-refractivity contribution in [1.29, 1.82) is 0 Å². The zero-order valence-corrected chi connectivity index (χ0v) is 20.8. The fourth-order valence-electron chi connectivity index (χ4n) is 3.47. The summed E-state index contributed by atoms with van der Waals surface area (Å²) < 4.78 is 48.0. The molecular weight excluding hydrogens is 525 g/mol. The molecule has 5 aromatic rings. The van der Waals surface area contributed by atoms with Gasteiger partial charge in [0.2, 0.25) is 0 Å². The molecule has 182 valence electrons. The van der Waals surface area contributed by atoms with Crippen LogP contribution in [0.2, 0.25) is 5.02 Å². The number of sulfonamides is 1. The van der Waals surface area contributed by atoms with Crippen LogP contribution in [-0.2, 0) is 16.6 Å². The van der Waals surface area contributed by atoms with Gasteiger partial charge >= 0.3 is 0 Å². The zero-order chi connectivity index (χ0) is 25.3. The number of rotatable bonds is 7. The number of hydrogen-bond acceptors (Lipinski definition) is 6. The largest absolute Gasteiger partial charge is 0.467 e. The van der Waals surface area contributed by atoms with Crippen LogP contribution in [0, 0.1) is 5.82 Å². The van der Waals surface area contributed by atoms with Gasteiger partial charge in [0.25, 0.3) is 15.9 Å². The Labute approximate surface area is 214 Å². The number of carbonyl (C=O) groups is 1. The van der Waals surface area contributed by atoms with Gasteiger partial charge in [-0.1, -0.05) is 29.0 Å². The van der Waals surface area contributed by atoms with E-state index in [0.717, 1.165) is 0 Å². The normalized spacial score (nSPS) is 11.5. The fourth-order valence-corrected chi connectivity index (χ4v) is 5.63. The second-order valence-electron chi connectivity index (χ2n) is 7.69. The van der Waals surface area contributed by atoms with Crippen molar-refractivity contribution in [2.75, 3.05) is 9.62 Å². The lowest BCUT2D eigenvalue weighted by Gasteiger charge is -2.19. The number of aromatic nitrogens is 1. The smallest absolute Gasteiger partial charge is 0.261 e. The van der Waals surface area contributed by atoms with Crippen molar-refractivity contribution in [2.45, 2.75) is 11.4 Å². The van der Waals surface area contributed by atoms with Gasteiger partial charge in [-0.2, -0.15) is 0 Å². The maximum Gasteiger partial charge on any atom is 0.261 e. The summed E-state index contributed by atoms with van der Waals surface area (Å²) in [5, 5.41) is 0.732. The molecule has 0 aliphatic rings. The standard InChI is InChI=1S/C25H17ClFN3O4S2/c26-17-8-12-20(13-9-17)36(32,33)29-18-10-6-16(7-11-18)24(31)30(15-19-3-2-14-34-19)25-28-23-21(27)4-1-5-22(23)35-25/h1-14,29H,15H2. The Kier molecular flexibility index (Phi) is 6.48. The van der Waals surface area contributed by atoms with Gasteiger partial charge < -0.3 is 4.42 Å². The molecule has 0 bridgehead atoms. The van der Waals surface area contributed by atoms with Crippen molar-refractivity contribution < 1.29 is 22.0 Å². The number of nitrogens with zero attached hydrogens (tertiary/aromatic N) is 2. The van der Waals surface area contributed by atoms with Gasteiger partial charge in [0, 0.05) is 16.3 Å². The van der Waals surface area contributed by atoms with Gasteiger partial charge in [0.15, 0.2) is 5.13 Å². The predicted octanol–water partition coefficient (Wildman–Crippen LogP) is 6.33. The van der Waals surface area contributed by atoms with Crippen LogP contribution in [0.15, 0.2) is 94.4 Å². The lowest BCUT2D eigenvalue weighted by Crippen LogP contribution is -2.30. The first-order valence-corrected chi connectivity index (χ1v) is 13.3. The molecule has 0 radical (unpaired) electrons. The average Bonchev–Trinajstić information content (AvgIpc) is 3.53. The molecule has 36 heavy (non-hydrogen) atoms. The van der Waals surface area contributed by atoms with E-state index in [1.807, 2.05) is 0 Å². The van der Waals surface area contributed by atoms with E-state index in [0.29, 0.717) is 20.6 Å². The molecule has 5 rings (SSSR count). The van der Waals surface area contributed by atoms with E-state index in [-0.39, 0.29) is 28.2 Å². The number of amides is 1. The van der Waals surface area contributed by atoms with Crippen LogP contribution in [0.1, 0.15) is 16.1 Å². The van der Waals surface area contributed by atoms with Crippen molar-refractivity contribution in [2.24, 2.45) is 0 Å². The van der Waals surface area contributed by atoms with Gasteiger partial charge in [0.05, 0.1) is 22.4 Å². The quantitative estimate of drug-likeness (QED) is 0.260. The molecule has 3 aromatic carbocycles. The molecular formula is C25H17ClFN3O4S2. The van der Waals surface area contributed by atoms with E-state index in [1.165, 1.54) is 77.1 Å². The highest BCUT2D eigenvalue weighted by Crippen LogP contribution is 2.32. The van der Waals surface area contributed by atoms with Crippen LogP contribution in [0.5, 0.6) is 0 Å². The molecule has 0 fully saturated rings. The number of anilines is 2. The average molecular weight is 542 g/mol. The third-order valence-corrected chi connectivity index (χ3v) is 7.93. The highest BCUT2D eigenvalue weighted by molar-refractivity contribution is 7.92. The minimum absolute atomic E-state index is 0.0553. The summed E-state index contributed by atoms with van der Waals surface area (Å²) in [6, 6.07) is 19.8. The highest BCUT2D eigenvalue weighted by Gasteiger charge is 2.24. The molecule has 1 amide bonds. The summed E-state index contributed by atoms with van der Waals surface area (Å²) >= 11 is 7.02. The Morgan fingerprint density at radius 1 is 1.03 bits per heavy atom. The van der Waals surface area contributed by atoms with Crippen molar-refractivity contribution >= 4 is 59.9 Å². The van der Waals surface area contributed by atoms with E-state index in [2.05, 4.69) is 9.71 Å². The van der Waals surface area contributed by atoms with E-state index >= 15 is 0 Å². The number of carbonyl (C=O) groups excluding carboxylic acids is 1. The second-order valence-corrected chi connectivity index (χ2v) is 10.8. The first-order chi connectivity index (χ1) is 17.3. The molecule has 0 aliphatic heterocycles. The zero-order valence-electron chi connectivity index (χ0n) is 18.4. The number of benzene rings is 3. The first-order valence-electron chi connectivity index (χ1n) is 10.6. The Hall–Kier alpha value is -3.73. The Morgan fingerprint density at radius 2 is 1.78 bits per heavy atom. The van der Waals surface area contributed by atoms with Crippen molar-refractivity contribution in [3.63, 3.8) is 0 Å². The SMILES string of the molecule is O=C(c1ccc(NS(=O)(=O)c2ccc(Cl)cc2)cc1)N(Cc1ccco1)c1nc2c(F)cccc2s1. The lowest BCUT2D eigenvalue weighted by molar-refractivity contribution is 0.0983. The number of halogens is 2. The number of thiazole rings is 1. The lowest BCUT2D eigenvalue weighted by atomic mass is 10.2. The minimum atomic E-state index is -3.84. The summed E-state index contributed by atoms with van der Waals surface area (Å²) in [5.41, 5.74) is 0.749. The van der Waals surface area contributed by atoms with Gasteiger partial charge in [-0.15, -0.1) is 0 Å². The third kappa shape index (κ3) is 4.97. The first kappa shape index (κ1) is 24.0. The van der Waals surface area contributed by atoms with Crippen LogP contribution in [-0.4, -0.2) is 19.3 Å². The van der Waals surface area contributed by atoms with Crippen molar-refractivity contribution in [3.05, 3.63) is 107 Å². The van der Waals surface area contributed by atoms with Gasteiger partial charge in [-0.3, -0.25) is 14.4 Å². The number of fused-ring (bicyclic) bond motifs is 1. The van der Waals surface area contributed by atoms with Crippen LogP contribution in [0.4, 0.5) is 15.2 Å². The van der Waals surface area contributed by atoms with E-state index in [9.17, 15) is 17.6 Å². The van der Waals surface area contributed by atoms with Crippen LogP contribution in [0.25, 0.3) is 10.2 Å². The Balaban J connectivity index is 1.42. The molecule has 2 aromatic heterocycles. The number of para-hydroxylation sites is 1. The molecule has 0 aliphatic carbocycles. The van der Waals surface area contributed by atoms with Crippen molar-refractivity contribution in [3.8, 4) is 0 Å². The monoisotopic (exact) mass is 541 g/mol. The predicted molar refractivity (Wildman–Crippen MR) is 138 cm³/mol. The molecule has 0 atom stereocenters. The van der Waals surface area contributed by atoms with Gasteiger partial charge in [0.1, 0.15) is 17.1 Å². The number of nitrogens with one attached hydrogen (secondary N) is 1. The molecule has 0 saturated heterocycles. The summed E-state index contributed by atoms with van der Waals surface area (Å²) in [6.07, 6.45) is 1.50. The van der Waals surface area contributed by atoms with Gasteiger partial charge in [-0.05, 0) is 72.8 Å². The summed E-state index contributed by atoms with van der Waals surface area (Å²) in [5.74, 6) is -0.355. The topological polar surface area (TPSA) is 92.5 Å². The van der Waals surface area contributed by atoms with Crippen molar-refractivity contribution in [1.82, 2.24) is 4.98 Å². The fraction of sp³-hybridized carbons (Fsp3) is 0.0400. The molecule has 0 saturated carbocycles. The van der Waals surface area contributed by atoms with Gasteiger partial charge in [-0.25, -0.2) is 17.8 Å². The van der Waals surface area contributed by atoms with Crippen LogP contribution >= 0.6 is 22.9 Å². The second kappa shape index (κ2) is 9.73. The van der Waals surface area contributed by atoms with E-state index in [4.69, 9.17) is 16.0 Å². The summed E-state index contributed by atoms with van der Waals surface area (Å²) in [7, 11) is -3.84. The number of hydrogen-bond donors (Lipinski definition) is 1.